The number of ether oxygens (including phenoxy) is 2. The van der Waals surface area contributed by atoms with Crippen molar-refractivity contribution in [1.82, 2.24) is 14.5 Å². The minimum atomic E-state index is -4.42. The predicted molar refractivity (Wildman–Crippen MR) is 92.7 cm³/mol. The third-order valence-electron chi connectivity index (χ3n) is 3.69. The van der Waals surface area contributed by atoms with Gasteiger partial charge in [0.25, 0.3) is 0 Å². The molecule has 2 aromatic rings. The molecular weight excluding hydrogens is 425 g/mol. The third kappa shape index (κ3) is 5.78. The molecule has 0 saturated heterocycles. The van der Waals surface area contributed by atoms with E-state index in [0.29, 0.717) is 0 Å². The summed E-state index contributed by atoms with van der Waals surface area (Å²) in [5.74, 6) is -1.34. The third-order valence-corrected chi connectivity index (χ3v) is 4.04. The van der Waals surface area contributed by atoms with Crippen LogP contribution in [-0.2, 0) is 17.6 Å². The fourth-order valence-electron chi connectivity index (χ4n) is 2.48. The normalized spacial score (nSPS) is 11.8. The average Bonchev–Trinajstić information content (AvgIpc) is 2.96. The van der Waals surface area contributed by atoms with E-state index in [-0.39, 0.29) is 41.1 Å². The minimum absolute atomic E-state index is 0.0432. The van der Waals surface area contributed by atoms with Crippen LogP contribution in [0.4, 0.5) is 22.0 Å². The van der Waals surface area contributed by atoms with Gasteiger partial charge in [-0.3, -0.25) is 4.57 Å². The lowest BCUT2D eigenvalue weighted by Gasteiger charge is -2.15. The number of carbonyl (C=O) groups excluding carboxylic acids is 1. The molecule has 0 unspecified atom stereocenters. The molecule has 0 spiro atoms. The van der Waals surface area contributed by atoms with Crippen LogP contribution in [0.25, 0.3) is 5.82 Å². The van der Waals surface area contributed by atoms with Gasteiger partial charge in [0.15, 0.2) is 17.3 Å². The molecule has 0 amide bonds. The van der Waals surface area contributed by atoms with Crippen LogP contribution >= 0.6 is 11.6 Å². The Morgan fingerprint density at radius 1 is 1.31 bits per heavy atom. The monoisotopic (exact) mass is 441 g/mol. The summed E-state index contributed by atoms with van der Waals surface area (Å²) >= 11 is 6.21. The first-order valence-electron chi connectivity index (χ1n) is 8.52. The largest absolute Gasteiger partial charge is 0.461 e. The topological polar surface area (TPSA) is 66.2 Å². The molecule has 160 valence electrons. The van der Waals surface area contributed by atoms with E-state index in [0.717, 1.165) is 16.8 Å². The van der Waals surface area contributed by atoms with Crippen LogP contribution in [0, 0.1) is 0 Å². The van der Waals surface area contributed by atoms with E-state index in [1.165, 1.54) is 0 Å². The number of alkyl halides is 5. The second kappa shape index (κ2) is 9.38. The van der Waals surface area contributed by atoms with Crippen LogP contribution in [0.15, 0.2) is 12.3 Å². The zero-order valence-electron chi connectivity index (χ0n) is 15.4. The summed E-state index contributed by atoms with van der Waals surface area (Å²) in [7, 11) is 0. The summed E-state index contributed by atoms with van der Waals surface area (Å²) in [4.78, 5) is 20.0. The van der Waals surface area contributed by atoms with Crippen LogP contribution < -0.4 is 4.74 Å². The number of carbonyl (C=O) groups is 1. The fourth-order valence-corrected chi connectivity index (χ4v) is 2.77. The van der Waals surface area contributed by atoms with E-state index >= 15 is 0 Å². The van der Waals surface area contributed by atoms with Crippen molar-refractivity contribution < 1.29 is 36.2 Å². The molecule has 0 atom stereocenters. The molecule has 12 heteroatoms. The standard InChI is InChI=1S/C17H17ClF5N3O3/c1-3-11-25-12(15(27)28-4-2)13(18)26(11)14-10(29-16(19)20)7-9(8-24-14)5-6-17(21,22)23/h7-8,16H,3-6H2,1-2H3. The Morgan fingerprint density at radius 2 is 2.00 bits per heavy atom. The highest BCUT2D eigenvalue weighted by Gasteiger charge is 2.28. The van der Waals surface area contributed by atoms with Crippen molar-refractivity contribution in [3.8, 4) is 11.6 Å². The maximum atomic E-state index is 12.9. The van der Waals surface area contributed by atoms with Gasteiger partial charge in [0, 0.05) is 19.0 Å². The summed E-state index contributed by atoms with van der Waals surface area (Å²) in [5.41, 5.74) is -0.196. The minimum Gasteiger partial charge on any atom is -0.461 e. The Labute approximate surface area is 167 Å². The molecule has 0 aromatic carbocycles. The van der Waals surface area contributed by atoms with Gasteiger partial charge in [-0.25, -0.2) is 14.8 Å². The number of imidazole rings is 1. The van der Waals surface area contributed by atoms with E-state index in [4.69, 9.17) is 16.3 Å². The summed E-state index contributed by atoms with van der Waals surface area (Å²) in [6.07, 6.45) is -4.70. The van der Waals surface area contributed by atoms with Crippen molar-refractivity contribution in [3.63, 3.8) is 0 Å². The molecule has 2 heterocycles. The second-order valence-corrected chi connectivity index (χ2v) is 6.09. The lowest BCUT2D eigenvalue weighted by Crippen LogP contribution is -2.12. The van der Waals surface area contributed by atoms with Gasteiger partial charge in [0.1, 0.15) is 11.0 Å². The van der Waals surface area contributed by atoms with E-state index in [1.807, 2.05) is 0 Å². The van der Waals surface area contributed by atoms with Crippen molar-refractivity contribution in [1.29, 1.82) is 0 Å². The molecule has 0 bridgehead atoms. The molecule has 0 aliphatic carbocycles. The predicted octanol–water partition coefficient (Wildman–Crippen LogP) is 4.76. The van der Waals surface area contributed by atoms with Crippen molar-refractivity contribution in [2.24, 2.45) is 0 Å². The van der Waals surface area contributed by atoms with Gasteiger partial charge in [-0.2, -0.15) is 22.0 Å². The van der Waals surface area contributed by atoms with Gasteiger partial charge in [-0.1, -0.05) is 18.5 Å². The molecule has 0 radical (unpaired) electrons. The molecule has 6 nitrogen and oxygen atoms in total. The van der Waals surface area contributed by atoms with E-state index in [2.05, 4.69) is 14.7 Å². The highest BCUT2D eigenvalue weighted by Crippen LogP contribution is 2.32. The summed E-state index contributed by atoms with van der Waals surface area (Å²) < 4.78 is 73.5. The van der Waals surface area contributed by atoms with Crippen LogP contribution in [0.2, 0.25) is 5.15 Å². The Morgan fingerprint density at radius 3 is 2.55 bits per heavy atom. The first-order chi connectivity index (χ1) is 13.6. The van der Waals surface area contributed by atoms with Crippen LogP contribution in [0.3, 0.4) is 0 Å². The molecule has 2 aromatic heterocycles. The number of rotatable bonds is 8. The molecule has 0 N–H and O–H groups in total. The number of halogens is 6. The lowest BCUT2D eigenvalue weighted by molar-refractivity contribution is -0.134. The highest BCUT2D eigenvalue weighted by atomic mass is 35.5. The zero-order valence-corrected chi connectivity index (χ0v) is 16.2. The first kappa shape index (κ1) is 22.9. The maximum Gasteiger partial charge on any atom is 0.389 e. The maximum absolute atomic E-state index is 12.9. The van der Waals surface area contributed by atoms with Crippen molar-refractivity contribution in [3.05, 3.63) is 34.5 Å². The van der Waals surface area contributed by atoms with Gasteiger partial charge >= 0.3 is 18.8 Å². The number of nitrogens with zero attached hydrogens (tertiary/aromatic N) is 3. The molecule has 2 rings (SSSR count). The van der Waals surface area contributed by atoms with Gasteiger partial charge in [0.2, 0.25) is 0 Å². The summed E-state index contributed by atoms with van der Waals surface area (Å²) in [6, 6.07) is 1.03. The van der Waals surface area contributed by atoms with Gasteiger partial charge in [0.05, 0.1) is 6.61 Å². The van der Waals surface area contributed by atoms with Crippen molar-refractivity contribution >= 4 is 17.6 Å². The van der Waals surface area contributed by atoms with Crippen LogP contribution in [0.5, 0.6) is 5.75 Å². The van der Waals surface area contributed by atoms with Gasteiger partial charge in [-0.15, -0.1) is 0 Å². The molecule has 0 saturated carbocycles. The number of aryl methyl sites for hydroxylation is 2. The number of hydrogen-bond donors (Lipinski definition) is 0. The molecule has 0 fully saturated rings. The van der Waals surface area contributed by atoms with E-state index in [1.54, 1.807) is 13.8 Å². The van der Waals surface area contributed by atoms with Crippen LogP contribution in [0.1, 0.15) is 42.1 Å². The van der Waals surface area contributed by atoms with Crippen molar-refractivity contribution in [2.45, 2.75) is 45.9 Å². The Hall–Kier alpha value is -2.43. The Kier molecular flexibility index (Phi) is 7.39. The molecular formula is C17H17ClF5N3O3. The number of aromatic nitrogens is 3. The number of esters is 1. The van der Waals surface area contributed by atoms with E-state index < -0.39 is 37.3 Å². The SMILES string of the molecule is CCOC(=O)c1nc(CC)n(-c2ncc(CCC(F)(F)F)cc2OC(F)F)c1Cl. The number of pyridine rings is 1. The average molecular weight is 442 g/mol. The fraction of sp³-hybridized carbons (Fsp3) is 0.471. The van der Waals surface area contributed by atoms with Gasteiger partial charge < -0.3 is 9.47 Å². The summed E-state index contributed by atoms with van der Waals surface area (Å²) in [5, 5.41) is -0.241. The molecule has 29 heavy (non-hydrogen) atoms. The smallest absolute Gasteiger partial charge is 0.389 e. The first-order valence-corrected chi connectivity index (χ1v) is 8.90. The van der Waals surface area contributed by atoms with E-state index in [9.17, 15) is 26.7 Å². The van der Waals surface area contributed by atoms with Crippen LogP contribution in [-0.4, -0.2) is 39.9 Å². The highest BCUT2D eigenvalue weighted by molar-refractivity contribution is 6.32. The Balaban J connectivity index is 2.53. The van der Waals surface area contributed by atoms with Crippen molar-refractivity contribution in [2.75, 3.05) is 6.61 Å². The zero-order chi connectivity index (χ0) is 21.8. The molecule has 0 aliphatic heterocycles. The van der Waals surface area contributed by atoms with Gasteiger partial charge in [-0.05, 0) is 25.0 Å². The second-order valence-electron chi connectivity index (χ2n) is 5.74. The summed E-state index contributed by atoms with van der Waals surface area (Å²) in [6.45, 7) is 0.0646. The quantitative estimate of drug-likeness (QED) is 0.436. The lowest BCUT2D eigenvalue weighted by atomic mass is 10.1. The molecule has 0 aliphatic rings. The Bertz CT molecular complexity index is 871. The number of hydrogen-bond acceptors (Lipinski definition) is 5.